The first-order valence-corrected chi connectivity index (χ1v) is 13.3. The predicted octanol–water partition coefficient (Wildman–Crippen LogP) is 6.19. The van der Waals surface area contributed by atoms with Crippen LogP contribution in [0.15, 0.2) is 47.4 Å². The third-order valence-electron chi connectivity index (χ3n) is 6.61. The average molecular weight is 489 g/mol. The topological polar surface area (TPSA) is 51.9 Å². The van der Waals surface area contributed by atoms with Crippen LogP contribution in [0.5, 0.6) is 5.75 Å². The summed E-state index contributed by atoms with van der Waals surface area (Å²) >= 11 is 1.77. The van der Waals surface area contributed by atoms with Crippen molar-refractivity contribution in [3.05, 3.63) is 70.5 Å². The van der Waals surface area contributed by atoms with E-state index in [0.717, 1.165) is 70.4 Å². The smallest absolute Gasteiger partial charge is 0.165 e. The molecule has 7 heteroatoms. The molecule has 0 radical (unpaired) electrons. The fraction of sp³-hybridized carbons (Fsp3) is 0.357. The van der Waals surface area contributed by atoms with E-state index in [2.05, 4.69) is 68.3 Å². The number of anilines is 1. The fourth-order valence-electron chi connectivity index (χ4n) is 4.90. The van der Waals surface area contributed by atoms with Crippen molar-refractivity contribution in [2.24, 2.45) is 0 Å². The number of benzene rings is 2. The molecule has 0 unspecified atom stereocenters. The molecule has 1 aliphatic heterocycles. The van der Waals surface area contributed by atoms with E-state index in [1.165, 1.54) is 10.5 Å². The summed E-state index contributed by atoms with van der Waals surface area (Å²) < 4.78 is 13.4. The number of aryl methyl sites for hydroxylation is 2. The van der Waals surface area contributed by atoms with Gasteiger partial charge in [-0.25, -0.2) is 4.98 Å². The summed E-state index contributed by atoms with van der Waals surface area (Å²) in [5.74, 6) is 1.95. The number of methoxy groups -OCH3 is 1. The van der Waals surface area contributed by atoms with E-state index < -0.39 is 0 Å². The molecule has 182 valence electrons. The molecule has 4 aromatic rings. The highest BCUT2D eigenvalue weighted by Crippen LogP contribution is 2.37. The van der Waals surface area contributed by atoms with Crippen molar-refractivity contribution >= 4 is 23.2 Å². The van der Waals surface area contributed by atoms with Gasteiger partial charge in [-0.2, -0.15) is 9.61 Å². The lowest BCUT2D eigenvalue weighted by Gasteiger charge is -2.27. The van der Waals surface area contributed by atoms with Crippen LogP contribution in [-0.2, 0) is 24.5 Å². The van der Waals surface area contributed by atoms with Gasteiger partial charge in [-0.05, 0) is 67.5 Å². The van der Waals surface area contributed by atoms with Crippen LogP contribution in [0.3, 0.4) is 0 Å². The van der Waals surface area contributed by atoms with E-state index in [0.29, 0.717) is 13.2 Å². The Labute approximate surface area is 211 Å². The summed E-state index contributed by atoms with van der Waals surface area (Å²) in [6.45, 7) is 9.24. The minimum Gasteiger partial charge on any atom is -0.497 e. The zero-order valence-corrected chi connectivity index (χ0v) is 21.9. The number of fused-ring (bicyclic) bond motifs is 2. The Balaban J connectivity index is 1.67. The van der Waals surface area contributed by atoms with Crippen molar-refractivity contribution in [2.75, 3.05) is 24.8 Å². The Bertz CT molecular complexity index is 1360. The molecule has 0 N–H and O–H groups in total. The summed E-state index contributed by atoms with van der Waals surface area (Å²) in [6.07, 6.45) is 3.14. The van der Waals surface area contributed by atoms with Crippen LogP contribution in [0.2, 0.25) is 0 Å². The standard InChI is InChI=1S/C28H32N4O2S/c1-6-13-31(15-20-7-10-22(35-5)11-8-20)28-24-16-34-17-25(24)29-27-26(19(3)30-32(27)28)23-12-9-21(33-4)14-18(23)2/h7-12,14H,6,13,15-17H2,1-5H3. The first kappa shape index (κ1) is 23.7. The quantitative estimate of drug-likeness (QED) is 0.276. The summed E-state index contributed by atoms with van der Waals surface area (Å²) in [5, 5.41) is 5.05. The molecule has 3 heterocycles. The second-order valence-corrected chi connectivity index (χ2v) is 9.88. The highest BCUT2D eigenvalue weighted by Gasteiger charge is 2.28. The Morgan fingerprint density at radius 1 is 1.11 bits per heavy atom. The first-order chi connectivity index (χ1) is 17.0. The van der Waals surface area contributed by atoms with E-state index >= 15 is 0 Å². The molecule has 0 saturated heterocycles. The van der Waals surface area contributed by atoms with Crippen LogP contribution in [0.25, 0.3) is 16.8 Å². The predicted molar refractivity (Wildman–Crippen MR) is 143 cm³/mol. The third-order valence-corrected chi connectivity index (χ3v) is 7.35. The molecule has 5 rings (SSSR count). The number of hydrogen-bond donors (Lipinski definition) is 0. The van der Waals surface area contributed by atoms with Gasteiger partial charge in [-0.1, -0.05) is 25.1 Å². The number of ether oxygens (including phenoxy) is 2. The lowest BCUT2D eigenvalue weighted by Crippen LogP contribution is -2.27. The zero-order valence-electron chi connectivity index (χ0n) is 21.1. The summed E-state index contributed by atoms with van der Waals surface area (Å²) in [5.41, 5.74) is 8.63. The molecule has 2 aromatic heterocycles. The number of nitrogens with zero attached hydrogens (tertiary/aromatic N) is 4. The largest absolute Gasteiger partial charge is 0.497 e. The van der Waals surface area contributed by atoms with Crippen LogP contribution in [0.1, 0.15) is 41.4 Å². The number of hydrogen-bond acceptors (Lipinski definition) is 6. The van der Waals surface area contributed by atoms with Gasteiger partial charge in [0.1, 0.15) is 11.6 Å². The maximum atomic E-state index is 5.89. The van der Waals surface area contributed by atoms with Gasteiger partial charge in [0.05, 0.1) is 31.7 Å². The van der Waals surface area contributed by atoms with Gasteiger partial charge in [0, 0.05) is 29.1 Å². The summed E-state index contributed by atoms with van der Waals surface area (Å²) in [6, 6.07) is 15.0. The average Bonchev–Trinajstić information content (AvgIpc) is 3.46. The van der Waals surface area contributed by atoms with E-state index in [1.807, 2.05) is 10.6 Å². The molecule has 0 bridgehead atoms. The lowest BCUT2D eigenvalue weighted by molar-refractivity contribution is 0.133. The van der Waals surface area contributed by atoms with Crippen molar-refractivity contribution < 1.29 is 9.47 Å². The van der Waals surface area contributed by atoms with Crippen molar-refractivity contribution in [1.29, 1.82) is 0 Å². The van der Waals surface area contributed by atoms with Gasteiger partial charge in [0.2, 0.25) is 0 Å². The monoisotopic (exact) mass is 488 g/mol. The molecule has 0 atom stereocenters. The van der Waals surface area contributed by atoms with Crippen LogP contribution >= 0.6 is 11.8 Å². The van der Waals surface area contributed by atoms with Crippen molar-refractivity contribution in [1.82, 2.24) is 14.6 Å². The molecule has 0 spiro atoms. The van der Waals surface area contributed by atoms with Crippen LogP contribution in [-0.4, -0.2) is 34.5 Å². The molecular formula is C28H32N4O2S. The Morgan fingerprint density at radius 3 is 2.60 bits per heavy atom. The van der Waals surface area contributed by atoms with Gasteiger partial charge in [-0.3, -0.25) is 0 Å². The van der Waals surface area contributed by atoms with E-state index in [-0.39, 0.29) is 0 Å². The van der Waals surface area contributed by atoms with Crippen LogP contribution in [0.4, 0.5) is 5.82 Å². The molecule has 0 fully saturated rings. The van der Waals surface area contributed by atoms with Crippen LogP contribution < -0.4 is 9.64 Å². The molecule has 6 nitrogen and oxygen atoms in total. The normalized spacial score (nSPS) is 12.8. The second-order valence-electron chi connectivity index (χ2n) is 9.00. The lowest BCUT2D eigenvalue weighted by atomic mass is 10.0. The van der Waals surface area contributed by atoms with Crippen molar-refractivity contribution in [2.45, 2.75) is 51.8 Å². The SMILES string of the molecule is CCCN(Cc1ccc(SC)cc1)c1c2c(nc3c(-c4ccc(OC)cc4C)c(C)nn13)COC2. The molecule has 0 aliphatic carbocycles. The van der Waals surface area contributed by atoms with Crippen molar-refractivity contribution in [3.8, 4) is 16.9 Å². The first-order valence-electron chi connectivity index (χ1n) is 12.1. The summed E-state index contributed by atoms with van der Waals surface area (Å²) in [4.78, 5) is 8.80. The van der Waals surface area contributed by atoms with Gasteiger partial charge >= 0.3 is 0 Å². The third kappa shape index (κ3) is 4.39. The Hall–Kier alpha value is -3.03. The molecule has 0 amide bonds. The fourth-order valence-corrected chi connectivity index (χ4v) is 5.31. The highest BCUT2D eigenvalue weighted by molar-refractivity contribution is 7.98. The maximum absolute atomic E-state index is 5.89. The Morgan fingerprint density at radius 2 is 1.91 bits per heavy atom. The highest BCUT2D eigenvalue weighted by atomic mass is 32.2. The van der Waals surface area contributed by atoms with Crippen molar-refractivity contribution in [3.63, 3.8) is 0 Å². The van der Waals surface area contributed by atoms with E-state index in [9.17, 15) is 0 Å². The number of aromatic nitrogens is 3. The van der Waals surface area contributed by atoms with E-state index in [1.54, 1.807) is 18.9 Å². The van der Waals surface area contributed by atoms with Gasteiger partial charge in [0.25, 0.3) is 0 Å². The molecule has 1 aliphatic rings. The molecular weight excluding hydrogens is 456 g/mol. The van der Waals surface area contributed by atoms with Crippen LogP contribution in [0, 0.1) is 13.8 Å². The minimum absolute atomic E-state index is 0.534. The molecule has 0 saturated carbocycles. The van der Waals surface area contributed by atoms with Gasteiger partial charge < -0.3 is 14.4 Å². The van der Waals surface area contributed by atoms with Gasteiger partial charge in [-0.15, -0.1) is 11.8 Å². The molecule has 2 aromatic carbocycles. The minimum atomic E-state index is 0.534. The number of rotatable bonds is 8. The zero-order chi connectivity index (χ0) is 24.5. The molecule has 35 heavy (non-hydrogen) atoms. The second kappa shape index (κ2) is 9.91. The Kier molecular flexibility index (Phi) is 6.71. The summed E-state index contributed by atoms with van der Waals surface area (Å²) in [7, 11) is 1.70. The van der Waals surface area contributed by atoms with E-state index in [4.69, 9.17) is 19.6 Å². The number of thioether (sulfide) groups is 1. The van der Waals surface area contributed by atoms with Gasteiger partial charge in [0.15, 0.2) is 5.65 Å². The maximum Gasteiger partial charge on any atom is 0.165 e.